The summed E-state index contributed by atoms with van der Waals surface area (Å²) in [5.41, 5.74) is 23.2. The number of rotatable bonds is 19. The predicted molar refractivity (Wildman–Crippen MR) is 308 cm³/mol. The summed E-state index contributed by atoms with van der Waals surface area (Å²) in [5, 5.41) is 53.6. The molecular weight excluding hydrogens is 1150 g/mol. The largest absolute Gasteiger partial charge is 0.508 e. The van der Waals surface area contributed by atoms with E-state index in [4.69, 9.17) is 22.9 Å². The van der Waals surface area contributed by atoms with E-state index in [2.05, 4.69) is 70.8 Å². The van der Waals surface area contributed by atoms with E-state index in [1.54, 1.807) is 30.3 Å². The number of aromatic hydroxyl groups is 1. The average molecular weight is 1230 g/mol. The van der Waals surface area contributed by atoms with Gasteiger partial charge < -0.3 is 96.3 Å². The number of phenols is 1. The smallest absolute Gasteiger partial charge is 0.305 e. The number of aliphatic carboxylic acids is 1. The summed E-state index contributed by atoms with van der Waals surface area (Å²) < 4.78 is 0. The number of hydrogen-bond acceptors (Lipinski definition) is 18. The maximum Gasteiger partial charge on any atom is 0.305 e. The van der Waals surface area contributed by atoms with E-state index in [0.717, 1.165) is 4.90 Å². The first-order chi connectivity index (χ1) is 40.9. The van der Waals surface area contributed by atoms with Crippen molar-refractivity contribution in [1.29, 1.82) is 0 Å². The van der Waals surface area contributed by atoms with Crippen molar-refractivity contribution >= 4 is 95.4 Å². The van der Waals surface area contributed by atoms with Gasteiger partial charge in [0.15, 0.2) is 5.96 Å². The van der Waals surface area contributed by atoms with E-state index in [1.165, 1.54) is 24.3 Å². The molecule has 2 aliphatic rings. The number of fused-ring (bicyclic) bond motifs is 1. The van der Waals surface area contributed by atoms with Crippen LogP contribution in [-0.2, 0) is 75.2 Å². The molecule has 2 aromatic rings. The van der Waals surface area contributed by atoms with Crippen LogP contribution in [0.1, 0.15) is 68.9 Å². The first-order valence-corrected chi connectivity index (χ1v) is 28.1. The van der Waals surface area contributed by atoms with Gasteiger partial charge in [-0.3, -0.25) is 67.3 Å². The van der Waals surface area contributed by atoms with E-state index in [-0.39, 0.29) is 69.9 Å². The Hall–Kier alpha value is -9.11. The number of benzene rings is 2. The number of nitrogens with two attached hydrogens (primary N) is 4. The minimum absolute atomic E-state index is 0.00711. The predicted octanol–water partition coefficient (Wildman–Crippen LogP) is -7.25. The molecule has 2 fully saturated rings. The maximum absolute atomic E-state index is 14.6. The fourth-order valence-electron chi connectivity index (χ4n) is 8.99. The Morgan fingerprint density at radius 2 is 1.24 bits per heavy atom. The number of carbonyl (C=O) groups is 13. The molecule has 32 nitrogen and oxygen atoms in total. The molecule has 2 aromatic carbocycles. The zero-order valence-corrected chi connectivity index (χ0v) is 47.8. The highest BCUT2D eigenvalue weighted by Gasteiger charge is 2.38. The maximum atomic E-state index is 14.6. The second-order valence-corrected chi connectivity index (χ2v) is 20.5. The van der Waals surface area contributed by atoms with Gasteiger partial charge in [0.25, 0.3) is 0 Å². The standard InChI is InChI=1S/C53H76N16O16S/c54-17-5-4-10-32-46(79)63-31(11-6-18-58-53(56)57)45(78)60-25-42(74)69-19-7-12-39(69)52(85)59-24-41(73)61-37(26-70)50(83)68-36(23-43(75)76)49(82)66-34(21-28-8-2-1-3-9-28)47(80)67-35(22-40(72)62-38(27-86)51(84)64-32)48(81)65-33(44(55)77)20-29-13-15-30(71)16-14-29/h1-3,8-9,13-16,31-39,70-71,86H,4-7,10-12,17-27,54H2,(H2,55,77)(H,59,85)(H,60,78)(H,61,73)(H,62,72)(H,63,79)(H,64,84)(H,65,81)(H,66,82)(H,67,80)(H,68,83)(H,75,76)(H4,56,57,58)/t31-,32?,33-,34?,35-,36?,37-,38-,39-/m0/s1. The number of phenolic OH excluding ortho intramolecular Hbond substituents is 1. The first kappa shape index (κ1) is 69.4. The molecule has 3 unspecified atom stereocenters. The third kappa shape index (κ3) is 23.2. The van der Waals surface area contributed by atoms with Crippen LogP contribution < -0.4 is 76.1 Å². The molecule has 2 heterocycles. The number of aliphatic imine (C=N–C) groups is 1. The van der Waals surface area contributed by atoms with Crippen molar-refractivity contribution in [3.05, 3.63) is 65.7 Å². The number of aliphatic hydroxyl groups excluding tert-OH is 1. The first-order valence-electron chi connectivity index (χ1n) is 27.5. The Balaban J connectivity index is 1.79. The van der Waals surface area contributed by atoms with Crippen LogP contribution in [0.15, 0.2) is 59.6 Å². The lowest BCUT2D eigenvalue weighted by Crippen LogP contribution is -2.61. The topological polar surface area (TPSA) is 523 Å². The van der Waals surface area contributed by atoms with Crippen LogP contribution >= 0.6 is 12.6 Å². The summed E-state index contributed by atoms with van der Waals surface area (Å²) in [6.07, 6.45) is -1.77. The fourth-order valence-corrected chi connectivity index (χ4v) is 9.25. The zero-order valence-electron chi connectivity index (χ0n) is 46.9. The van der Waals surface area contributed by atoms with Crippen LogP contribution in [0.5, 0.6) is 5.75 Å². The number of thiol groups is 1. The van der Waals surface area contributed by atoms with Crippen molar-refractivity contribution in [3.8, 4) is 5.75 Å². The minimum Gasteiger partial charge on any atom is -0.508 e. The number of nitrogens with zero attached hydrogens (tertiary/aromatic N) is 2. The molecule has 21 N–H and O–H groups in total. The van der Waals surface area contributed by atoms with Gasteiger partial charge in [0.2, 0.25) is 70.9 Å². The van der Waals surface area contributed by atoms with Gasteiger partial charge in [0.05, 0.1) is 32.5 Å². The zero-order chi connectivity index (χ0) is 63.5. The molecular formula is C53H76N16O16S. The Kier molecular flexibility index (Phi) is 28.4. The molecule has 0 spiro atoms. The quantitative estimate of drug-likeness (QED) is 0.0269. The molecule has 0 saturated carbocycles. The second-order valence-electron chi connectivity index (χ2n) is 20.2. The van der Waals surface area contributed by atoms with Crippen LogP contribution in [0.2, 0.25) is 0 Å². The molecule has 0 aliphatic carbocycles. The Morgan fingerprint density at radius 3 is 1.87 bits per heavy atom. The van der Waals surface area contributed by atoms with Crippen molar-refractivity contribution in [2.24, 2.45) is 27.9 Å². The lowest BCUT2D eigenvalue weighted by Gasteiger charge is -2.27. The SMILES string of the molecule is NCCCCC1NC(=O)[C@H](CS)NC(=O)C[C@@H](C(=O)N[C@@H](Cc2ccc(O)cc2)C(N)=O)NC(=O)C(Cc2ccccc2)NC(=O)C(CC(=O)O)NC(=O)[C@H](CO)NC(=O)CNC(=O)[C@@H]2CCCN2C(=O)CNC(=O)[C@H](CCCN=C(N)N)NC1=O. The summed E-state index contributed by atoms with van der Waals surface area (Å²) in [6.45, 7) is -2.37. The summed E-state index contributed by atoms with van der Waals surface area (Å²) in [4.78, 5) is 183. The Labute approximate surface area is 499 Å². The number of nitrogens with one attached hydrogen (secondary N) is 10. The molecule has 0 bridgehead atoms. The Bertz CT molecular complexity index is 2770. The number of carboxylic acid groups (broad SMARTS) is 1. The van der Waals surface area contributed by atoms with Crippen LogP contribution in [0.3, 0.4) is 0 Å². The van der Waals surface area contributed by atoms with Gasteiger partial charge in [-0.1, -0.05) is 42.5 Å². The number of aliphatic hydroxyl groups is 1. The molecule has 9 atom stereocenters. The van der Waals surface area contributed by atoms with Crippen molar-refractivity contribution in [3.63, 3.8) is 0 Å². The Morgan fingerprint density at radius 1 is 0.663 bits per heavy atom. The van der Waals surface area contributed by atoms with Crippen LogP contribution in [0.4, 0.5) is 0 Å². The third-order valence-electron chi connectivity index (χ3n) is 13.5. The summed E-state index contributed by atoms with van der Waals surface area (Å²) in [7, 11) is 0. The van der Waals surface area contributed by atoms with E-state index < -0.39 is 176 Å². The molecule has 470 valence electrons. The van der Waals surface area contributed by atoms with Crippen LogP contribution in [0.25, 0.3) is 0 Å². The number of primary amides is 1. The van der Waals surface area contributed by atoms with Gasteiger partial charge in [-0.2, -0.15) is 12.6 Å². The van der Waals surface area contributed by atoms with E-state index in [9.17, 15) is 77.6 Å². The molecule has 33 heteroatoms. The minimum atomic E-state index is -2.03. The van der Waals surface area contributed by atoms with Crippen molar-refractivity contribution in [1.82, 2.24) is 58.1 Å². The highest BCUT2D eigenvalue weighted by molar-refractivity contribution is 7.80. The van der Waals surface area contributed by atoms with Gasteiger partial charge in [-0.15, -0.1) is 0 Å². The van der Waals surface area contributed by atoms with E-state index in [1.807, 2.05) is 0 Å². The molecule has 4 rings (SSSR count). The van der Waals surface area contributed by atoms with Crippen molar-refractivity contribution in [2.45, 2.75) is 125 Å². The van der Waals surface area contributed by atoms with E-state index in [0.29, 0.717) is 24.0 Å². The number of amides is 12. The molecule has 12 amide bonds. The monoisotopic (exact) mass is 1220 g/mol. The highest BCUT2D eigenvalue weighted by Crippen LogP contribution is 2.18. The molecule has 86 heavy (non-hydrogen) atoms. The normalized spacial score (nSPS) is 23.3. The van der Waals surface area contributed by atoms with Gasteiger partial charge in [-0.25, -0.2) is 0 Å². The average Bonchev–Trinajstić information content (AvgIpc) is 3.74. The molecule has 0 aromatic heterocycles. The lowest BCUT2D eigenvalue weighted by molar-refractivity contribution is -0.141. The van der Waals surface area contributed by atoms with E-state index >= 15 is 0 Å². The summed E-state index contributed by atoms with van der Waals surface area (Å²) in [6, 6.07) is -1.39. The van der Waals surface area contributed by atoms with Gasteiger partial charge >= 0.3 is 5.97 Å². The van der Waals surface area contributed by atoms with Crippen LogP contribution in [-0.4, -0.2) is 202 Å². The van der Waals surface area contributed by atoms with Gasteiger partial charge in [0, 0.05) is 31.7 Å². The fraction of sp³-hybridized carbons (Fsp3) is 0.509. The highest BCUT2D eigenvalue weighted by atomic mass is 32.1. The van der Waals surface area contributed by atoms with Crippen molar-refractivity contribution < 1.29 is 77.6 Å². The second kappa shape index (κ2) is 35.2. The number of carbonyl (C=O) groups excluding carboxylic acids is 12. The van der Waals surface area contributed by atoms with Gasteiger partial charge in [-0.05, 0) is 74.8 Å². The molecule has 2 aliphatic heterocycles. The number of unbranched alkanes of at least 4 members (excludes halogenated alkanes) is 1. The van der Waals surface area contributed by atoms with Gasteiger partial charge in [0.1, 0.15) is 60.1 Å². The third-order valence-corrected chi connectivity index (χ3v) is 13.9. The number of guanidine groups is 1. The molecule has 2 saturated heterocycles. The molecule has 0 radical (unpaired) electrons. The number of hydrogen-bond donors (Lipinski definition) is 18. The van der Waals surface area contributed by atoms with Crippen LogP contribution in [0, 0.1) is 0 Å². The number of carboxylic acids is 1. The van der Waals surface area contributed by atoms with Crippen molar-refractivity contribution in [2.75, 3.05) is 45.1 Å². The lowest BCUT2D eigenvalue weighted by atomic mass is 10.0. The summed E-state index contributed by atoms with van der Waals surface area (Å²) >= 11 is 4.25. The summed E-state index contributed by atoms with van der Waals surface area (Å²) in [5.74, 6) is -15.0.